The molecule has 0 aromatic carbocycles. The smallest absolute Gasteiger partial charge is 0.226 e. The van der Waals surface area contributed by atoms with Crippen LogP contribution in [0.25, 0.3) is 0 Å². The predicted octanol–water partition coefficient (Wildman–Crippen LogP) is 1.12. The van der Waals surface area contributed by atoms with Crippen molar-refractivity contribution in [2.45, 2.75) is 31.6 Å². The average Bonchev–Trinajstić information content (AvgIpc) is 3.02. The molecule has 0 spiro atoms. The molecular formula is C12H19N3O2. The highest BCUT2D eigenvalue weighted by Crippen LogP contribution is 2.25. The molecule has 94 valence electrons. The van der Waals surface area contributed by atoms with Gasteiger partial charge in [-0.05, 0) is 38.3 Å². The number of hydrogen-bond acceptors (Lipinski definition) is 5. The van der Waals surface area contributed by atoms with Gasteiger partial charge in [0.15, 0.2) is 5.82 Å². The van der Waals surface area contributed by atoms with Crippen molar-refractivity contribution in [3.8, 4) is 0 Å². The van der Waals surface area contributed by atoms with Gasteiger partial charge in [0.2, 0.25) is 5.89 Å². The molecule has 5 nitrogen and oxygen atoms in total. The van der Waals surface area contributed by atoms with Crippen molar-refractivity contribution in [1.29, 1.82) is 0 Å². The van der Waals surface area contributed by atoms with E-state index in [9.17, 15) is 0 Å². The van der Waals surface area contributed by atoms with Gasteiger partial charge < -0.3 is 14.6 Å². The van der Waals surface area contributed by atoms with E-state index in [4.69, 9.17) is 9.26 Å². The van der Waals surface area contributed by atoms with E-state index in [1.807, 2.05) is 0 Å². The van der Waals surface area contributed by atoms with Crippen molar-refractivity contribution >= 4 is 0 Å². The molecule has 2 aliphatic heterocycles. The van der Waals surface area contributed by atoms with Gasteiger partial charge in [-0.15, -0.1) is 0 Å². The third kappa shape index (κ3) is 2.66. The van der Waals surface area contributed by atoms with Crippen LogP contribution in [0.2, 0.25) is 0 Å². The monoisotopic (exact) mass is 237 g/mol. The first-order valence-corrected chi connectivity index (χ1v) is 6.53. The summed E-state index contributed by atoms with van der Waals surface area (Å²) in [5.41, 5.74) is 0. The summed E-state index contributed by atoms with van der Waals surface area (Å²) in [6, 6.07) is 0. The van der Waals surface area contributed by atoms with E-state index in [1.165, 1.54) is 6.42 Å². The number of rotatable bonds is 3. The normalized spacial score (nSPS) is 26.5. The Bertz CT molecular complexity index is 354. The molecule has 1 N–H and O–H groups in total. The van der Waals surface area contributed by atoms with Crippen molar-refractivity contribution in [2.24, 2.45) is 5.92 Å². The van der Waals surface area contributed by atoms with Crippen LogP contribution in [0.5, 0.6) is 0 Å². The Morgan fingerprint density at radius 1 is 1.24 bits per heavy atom. The molecule has 17 heavy (non-hydrogen) atoms. The topological polar surface area (TPSA) is 60.2 Å². The number of ether oxygens (including phenoxy) is 1. The van der Waals surface area contributed by atoms with Gasteiger partial charge >= 0.3 is 0 Å². The second-order valence-corrected chi connectivity index (χ2v) is 5.00. The van der Waals surface area contributed by atoms with Crippen molar-refractivity contribution in [3.63, 3.8) is 0 Å². The zero-order valence-electron chi connectivity index (χ0n) is 10.0. The molecule has 2 saturated heterocycles. The molecule has 0 amide bonds. The largest absolute Gasteiger partial charge is 0.381 e. The Labute approximate surface area is 101 Å². The van der Waals surface area contributed by atoms with Crippen LogP contribution in [0.4, 0.5) is 0 Å². The fraction of sp³-hybridized carbons (Fsp3) is 0.833. The van der Waals surface area contributed by atoms with E-state index < -0.39 is 0 Å². The van der Waals surface area contributed by atoms with E-state index in [0.717, 1.165) is 57.3 Å². The van der Waals surface area contributed by atoms with Crippen LogP contribution < -0.4 is 5.32 Å². The maximum atomic E-state index is 5.35. The molecule has 5 heteroatoms. The van der Waals surface area contributed by atoms with Gasteiger partial charge in [0.05, 0.1) is 0 Å². The molecule has 1 atom stereocenters. The zero-order chi connectivity index (χ0) is 11.5. The Kier molecular flexibility index (Phi) is 3.38. The summed E-state index contributed by atoms with van der Waals surface area (Å²) in [4.78, 5) is 4.54. The molecule has 1 aromatic rings. The molecule has 3 heterocycles. The van der Waals surface area contributed by atoms with Crippen molar-refractivity contribution in [2.75, 3.05) is 26.3 Å². The fourth-order valence-electron chi connectivity index (χ4n) is 2.61. The summed E-state index contributed by atoms with van der Waals surface area (Å²) < 4.78 is 10.7. The Hall–Kier alpha value is -0.940. The van der Waals surface area contributed by atoms with Crippen molar-refractivity contribution in [3.05, 3.63) is 11.7 Å². The molecular weight excluding hydrogens is 218 g/mol. The lowest BCUT2D eigenvalue weighted by Crippen LogP contribution is -2.15. The summed E-state index contributed by atoms with van der Waals surface area (Å²) in [5.74, 6) is 2.79. The lowest BCUT2D eigenvalue weighted by Gasteiger charge is -2.18. The first kappa shape index (κ1) is 11.2. The quantitative estimate of drug-likeness (QED) is 0.853. The van der Waals surface area contributed by atoms with Crippen LogP contribution in [0.1, 0.15) is 36.9 Å². The summed E-state index contributed by atoms with van der Waals surface area (Å²) in [6.45, 7) is 3.84. The van der Waals surface area contributed by atoms with Gasteiger partial charge in [0.1, 0.15) is 0 Å². The standard InChI is InChI=1S/C12H19N3O2/c1-4-13-8-9(1)7-11-14-12(15-17-11)10-2-5-16-6-3-10/h9-10,13H,1-8H2/t9-/m1/s1. The first-order valence-electron chi connectivity index (χ1n) is 6.53. The van der Waals surface area contributed by atoms with Gasteiger partial charge in [-0.1, -0.05) is 5.16 Å². The van der Waals surface area contributed by atoms with E-state index in [2.05, 4.69) is 15.5 Å². The summed E-state index contributed by atoms with van der Waals surface area (Å²) >= 11 is 0. The van der Waals surface area contributed by atoms with E-state index in [-0.39, 0.29) is 0 Å². The molecule has 1 aromatic heterocycles. The van der Waals surface area contributed by atoms with Crippen molar-refractivity contribution < 1.29 is 9.26 Å². The van der Waals surface area contributed by atoms with Crippen LogP contribution in [0.3, 0.4) is 0 Å². The molecule has 0 aliphatic carbocycles. The molecule has 2 fully saturated rings. The molecule has 3 rings (SSSR count). The van der Waals surface area contributed by atoms with Gasteiger partial charge in [-0.3, -0.25) is 0 Å². The third-order valence-electron chi connectivity index (χ3n) is 3.70. The molecule has 0 unspecified atom stereocenters. The average molecular weight is 237 g/mol. The Morgan fingerprint density at radius 2 is 2.12 bits per heavy atom. The minimum atomic E-state index is 0.433. The van der Waals surface area contributed by atoms with Gasteiger partial charge in [-0.2, -0.15) is 4.98 Å². The van der Waals surface area contributed by atoms with E-state index >= 15 is 0 Å². The summed E-state index contributed by atoms with van der Waals surface area (Å²) in [7, 11) is 0. The molecule has 0 bridgehead atoms. The van der Waals surface area contributed by atoms with Crippen LogP contribution in [-0.2, 0) is 11.2 Å². The van der Waals surface area contributed by atoms with Crippen LogP contribution >= 0.6 is 0 Å². The fourth-order valence-corrected chi connectivity index (χ4v) is 2.61. The van der Waals surface area contributed by atoms with Gasteiger partial charge in [0, 0.05) is 25.6 Å². The second kappa shape index (κ2) is 5.14. The number of nitrogens with zero attached hydrogens (tertiary/aromatic N) is 2. The zero-order valence-corrected chi connectivity index (χ0v) is 10.0. The highest BCUT2D eigenvalue weighted by atomic mass is 16.5. The lowest BCUT2D eigenvalue weighted by atomic mass is 10.00. The van der Waals surface area contributed by atoms with Crippen LogP contribution in [0, 0.1) is 5.92 Å². The molecule has 0 saturated carbocycles. The van der Waals surface area contributed by atoms with E-state index in [0.29, 0.717) is 11.8 Å². The highest BCUT2D eigenvalue weighted by molar-refractivity contribution is 4.97. The molecule has 2 aliphatic rings. The van der Waals surface area contributed by atoms with E-state index in [1.54, 1.807) is 0 Å². The first-order chi connectivity index (χ1) is 8.42. The SMILES string of the molecule is C1C[C@H](Cc2nc(C3CCOCC3)no2)CN1. The Balaban J connectivity index is 1.60. The third-order valence-corrected chi connectivity index (χ3v) is 3.70. The van der Waals surface area contributed by atoms with Crippen LogP contribution in [0.15, 0.2) is 4.52 Å². The van der Waals surface area contributed by atoms with Crippen LogP contribution in [-0.4, -0.2) is 36.4 Å². The minimum absolute atomic E-state index is 0.433. The van der Waals surface area contributed by atoms with Crippen molar-refractivity contribution in [1.82, 2.24) is 15.5 Å². The molecule has 0 radical (unpaired) electrons. The second-order valence-electron chi connectivity index (χ2n) is 5.00. The predicted molar refractivity (Wildman–Crippen MR) is 61.8 cm³/mol. The number of aromatic nitrogens is 2. The van der Waals surface area contributed by atoms with Gasteiger partial charge in [-0.25, -0.2) is 0 Å². The summed E-state index contributed by atoms with van der Waals surface area (Å²) in [5, 5.41) is 7.48. The highest BCUT2D eigenvalue weighted by Gasteiger charge is 2.23. The lowest BCUT2D eigenvalue weighted by molar-refractivity contribution is 0.0830. The maximum absolute atomic E-state index is 5.35. The summed E-state index contributed by atoms with van der Waals surface area (Å²) in [6.07, 6.45) is 4.17. The van der Waals surface area contributed by atoms with Gasteiger partial charge in [0.25, 0.3) is 0 Å². The Morgan fingerprint density at radius 3 is 2.88 bits per heavy atom. The number of nitrogens with one attached hydrogen (secondary N) is 1. The maximum Gasteiger partial charge on any atom is 0.226 e. The number of hydrogen-bond donors (Lipinski definition) is 1. The minimum Gasteiger partial charge on any atom is -0.381 e.